The van der Waals surface area contributed by atoms with Gasteiger partial charge in [-0.25, -0.2) is 8.42 Å². The maximum Gasteiger partial charge on any atom is 0.264 e. The molecule has 0 heterocycles. The molecular formula is C25H27ClN2O5S. The smallest absolute Gasteiger partial charge is 0.264 e. The molecule has 1 N–H and O–H groups in total. The maximum atomic E-state index is 13.5. The van der Waals surface area contributed by atoms with Crippen LogP contribution >= 0.6 is 11.6 Å². The number of nitrogens with zero attached hydrogens (tertiary/aromatic N) is 1. The van der Waals surface area contributed by atoms with Gasteiger partial charge in [0, 0.05) is 10.6 Å². The summed E-state index contributed by atoms with van der Waals surface area (Å²) in [6.45, 7) is 3.28. The molecule has 3 aromatic rings. The van der Waals surface area contributed by atoms with E-state index in [0.29, 0.717) is 27.8 Å². The number of carbonyl (C=O) groups excluding carboxylic acids is 1. The van der Waals surface area contributed by atoms with Crippen LogP contribution in [0, 0.1) is 6.92 Å². The molecule has 3 aromatic carbocycles. The lowest BCUT2D eigenvalue weighted by Crippen LogP contribution is -2.41. The summed E-state index contributed by atoms with van der Waals surface area (Å²) in [5, 5.41) is 3.28. The first-order valence-electron chi connectivity index (χ1n) is 10.5. The van der Waals surface area contributed by atoms with Gasteiger partial charge in [-0.3, -0.25) is 9.10 Å². The minimum absolute atomic E-state index is 0.0350. The van der Waals surface area contributed by atoms with Crippen LogP contribution in [-0.4, -0.2) is 35.1 Å². The second-order valence-electron chi connectivity index (χ2n) is 7.70. The van der Waals surface area contributed by atoms with Gasteiger partial charge in [0.2, 0.25) is 5.91 Å². The highest BCUT2D eigenvalue weighted by molar-refractivity contribution is 7.92. The predicted octanol–water partition coefficient (Wildman–Crippen LogP) is 4.74. The zero-order chi connectivity index (χ0) is 24.9. The van der Waals surface area contributed by atoms with Gasteiger partial charge in [0.25, 0.3) is 10.0 Å². The lowest BCUT2D eigenvalue weighted by molar-refractivity contribution is -0.120. The van der Waals surface area contributed by atoms with Crippen LogP contribution in [-0.2, 0) is 14.8 Å². The number of nitrogens with one attached hydrogen (secondary N) is 1. The van der Waals surface area contributed by atoms with E-state index in [9.17, 15) is 13.2 Å². The standard InChI is InChI=1S/C25H27ClN2O5S/c1-17-5-9-20(10-6-17)28(34(30,31)22-12-7-19(26)8-13-22)16-25(29)27-18(2)23-15-21(32-3)11-14-24(23)33-4/h5-15,18H,16H2,1-4H3,(H,27,29)/t18-/m1/s1. The van der Waals surface area contributed by atoms with Crippen molar-refractivity contribution in [3.63, 3.8) is 0 Å². The topological polar surface area (TPSA) is 84.9 Å². The van der Waals surface area contributed by atoms with E-state index in [1.54, 1.807) is 56.5 Å². The fourth-order valence-corrected chi connectivity index (χ4v) is 4.98. The van der Waals surface area contributed by atoms with Crippen molar-refractivity contribution in [3.05, 3.63) is 82.9 Å². The quantitative estimate of drug-likeness (QED) is 0.457. The Morgan fingerprint density at radius 2 is 1.65 bits per heavy atom. The van der Waals surface area contributed by atoms with Crippen LogP contribution in [0.2, 0.25) is 5.02 Å². The van der Waals surface area contributed by atoms with Gasteiger partial charge in [-0.15, -0.1) is 0 Å². The molecule has 3 rings (SSSR count). The highest BCUT2D eigenvalue weighted by Gasteiger charge is 2.28. The number of hydrogen-bond donors (Lipinski definition) is 1. The molecule has 9 heteroatoms. The first kappa shape index (κ1) is 25.4. The average Bonchev–Trinajstić information content (AvgIpc) is 2.83. The second kappa shape index (κ2) is 10.8. The van der Waals surface area contributed by atoms with Gasteiger partial charge in [0.05, 0.1) is 30.8 Å². The molecule has 7 nitrogen and oxygen atoms in total. The Kier molecular flexibility index (Phi) is 8.06. The molecule has 0 unspecified atom stereocenters. The highest BCUT2D eigenvalue weighted by Crippen LogP contribution is 2.30. The molecule has 0 bridgehead atoms. The Bertz CT molecular complexity index is 1250. The number of aryl methyl sites for hydroxylation is 1. The van der Waals surface area contributed by atoms with Crippen LogP contribution < -0.4 is 19.1 Å². The summed E-state index contributed by atoms with van der Waals surface area (Å²) in [5.74, 6) is 0.719. The van der Waals surface area contributed by atoms with E-state index in [2.05, 4.69) is 5.32 Å². The molecule has 180 valence electrons. The number of amides is 1. The van der Waals surface area contributed by atoms with Crippen LogP contribution in [0.15, 0.2) is 71.6 Å². The van der Waals surface area contributed by atoms with E-state index in [1.165, 1.54) is 31.4 Å². The Labute approximate surface area is 205 Å². The minimum Gasteiger partial charge on any atom is -0.497 e. The van der Waals surface area contributed by atoms with Crippen molar-refractivity contribution in [3.8, 4) is 11.5 Å². The van der Waals surface area contributed by atoms with Crippen LogP contribution in [0.4, 0.5) is 5.69 Å². The third-order valence-electron chi connectivity index (χ3n) is 5.29. The molecule has 1 atom stereocenters. The van der Waals surface area contributed by atoms with Gasteiger partial charge in [0.1, 0.15) is 18.0 Å². The Hall–Kier alpha value is -3.23. The van der Waals surface area contributed by atoms with Crippen LogP contribution in [0.3, 0.4) is 0 Å². The van der Waals surface area contributed by atoms with Crippen molar-refractivity contribution in [1.82, 2.24) is 5.32 Å². The van der Waals surface area contributed by atoms with Crippen molar-refractivity contribution in [2.75, 3.05) is 25.1 Å². The molecule has 0 aliphatic rings. The first-order valence-corrected chi connectivity index (χ1v) is 12.3. The van der Waals surface area contributed by atoms with Crippen LogP contribution in [0.1, 0.15) is 24.1 Å². The summed E-state index contributed by atoms with van der Waals surface area (Å²) in [4.78, 5) is 13.1. The molecule has 0 radical (unpaired) electrons. The second-order valence-corrected chi connectivity index (χ2v) is 10.00. The summed E-state index contributed by atoms with van der Waals surface area (Å²) >= 11 is 5.93. The van der Waals surface area contributed by atoms with Crippen molar-refractivity contribution in [2.45, 2.75) is 24.8 Å². The fourth-order valence-electron chi connectivity index (χ4n) is 3.43. The summed E-state index contributed by atoms with van der Waals surface area (Å²) in [5.41, 5.74) is 2.05. The van der Waals surface area contributed by atoms with E-state index in [1.807, 2.05) is 6.92 Å². The maximum absolute atomic E-state index is 13.5. The average molecular weight is 503 g/mol. The van der Waals surface area contributed by atoms with Gasteiger partial charge in [-0.05, 0) is 68.4 Å². The van der Waals surface area contributed by atoms with Gasteiger partial charge < -0.3 is 14.8 Å². The molecule has 0 aliphatic heterocycles. The van der Waals surface area contributed by atoms with E-state index < -0.39 is 28.5 Å². The van der Waals surface area contributed by atoms with Gasteiger partial charge in [-0.1, -0.05) is 29.3 Å². The molecule has 34 heavy (non-hydrogen) atoms. The summed E-state index contributed by atoms with van der Waals surface area (Å²) in [7, 11) is -0.943. The first-order chi connectivity index (χ1) is 16.1. The summed E-state index contributed by atoms with van der Waals surface area (Å²) in [6.07, 6.45) is 0. The van der Waals surface area contributed by atoms with Crippen molar-refractivity contribution in [1.29, 1.82) is 0 Å². The number of rotatable bonds is 9. The fraction of sp³-hybridized carbons (Fsp3) is 0.240. The molecular weight excluding hydrogens is 476 g/mol. The van der Waals surface area contributed by atoms with Gasteiger partial charge in [0.15, 0.2) is 0 Å². The van der Waals surface area contributed by atoms with Gasteiger partial charge in [-0.2, -0.15) is 0 Å². The van der Waals surface area contributed by atoms with Crippen LogP contribution in [0.5, 0.6) is 11.5 Å². The largest absolute Gasteiger partial charge is 0.497 e. The lowest BCUT2D eigenvalue weighted by atomic mass is 10.1. The van der Waals surface area contributed by atoms with Crippen molar-refractivity contribution in [2.24, 2.45) is 0 Å². The monoisotopic (exact) mass is 502 g/mol. The number of hydrogen-bond acceptors (Lipinski definition) is 5. The van der Waals surface area contributed by atoms with E-state index >= 15 is 0 Å². The minimum atomic E-state index is -4.03. The number of carbonyl (C=O) groups is 1. The molecule has 0 aliphatic carbocycles. The predicted molar refractivity (Wildman–Crippen MR) is 133 cm³/mol. The molecule has 0 saturated heterocycles. The third-order valence-corrected chi connectivity index (χ3v) is 7.33. The molecule has 0 fully saturated rings. The van der Waals surface area contributed by atoms with E-state index in [0.717, 1.165) is 9.87 Å². The Morgan fingerprint density at radius 3 is 2.24 bits per heavy atom. The molecule has 0 aromatic heterocycles. The zero-order valence-corrected chi connectivity index (χ0v) is 21.0. The summed E-state index contributed by atoms with van der Waals surface area (Å²) < 4.78 is 38.7. The normalized spacial score (nSPS) is 12.0. The number of halogens is 1. The van der Waals surface area contributed by atoms with Crippen molar-refractivity contribution < 1.29 is 22.7 Å². The number of anilines is 1. The van der Waals surface area contributed by atoms with E-state index in [-0.39, 0.29) is 4.90 Å². The van der Waals surface area contributed by atoms with Gasteiger partial charge >= 0.3 is 0 Å². The van der Waals surface area contributed by atoms with E-state index in [4.69, 9.17) is 21.1 Å². The summed E-state index contributed by atoms with van der Waals surface area (Å²) in [6, 6.07) is 17.6. The highest BCUT2D eigenvalue weighted by atomic mass is 35.5. The molecule has 0 spiro atoms. The number of ether oxygens (including phenoxy) is 2. The lowest BCUT2D eigenvalue weighted by Gasteiger charge is -2.25. The Balaban J connectivity index is 1.90. The number of methoxy groups -OCH3 is 2. The molecule has 0 saturated carbocycles. The molecule has 1 amide bonds. The zero-order valence-electron chi connectivity index (χ0n) is 19.4. The third kappa shape index (κ3) is 5.81. The number of benzene rings is 3. The number of sulfonamides is 1. The SMILES string of the molecule is COc1ccc(OC)c([C@@H](C)NC(=O)CN(c2ccc(C)cc2)S(=O)(=O)c2ccc(Cl)cc2)c1. The van der Waals surface area contributed by atoms with Crippen molar-refractivity contribution >= 4 is 33.2 Å². The van der Waals surface area contributed by atoms with Crippen LogP contribution in [0.25, 0.3) is 0 Å². The Morgan fingerprint density at radius 1 is 1.00 bits per heavy atom.